The molecule has 1 aromatic heterocycles. The lowest BCUT2D eigenvalue weighted by Crippen LogP contribution is -2.33. The van der Waals surface area contributed by atoms with Crippen molar-refractivity contribution in [2.24, 2.45) is 0 Å². The lowest BCUT2D eigenvalue weighted by atomic mass is 10.0. The van der Waals surface area contributed by atoms with E-state index in [2.05, 4.69) is 33.4 Å². The summed E-state index contributed by atoms with van der Waals surface area (Å²) in [6, 6.07) is 2.69. The summed E-state index contributed by atoms with van der Waals surface area (Å²) in [5, 5.41) is 11.2. The first-order chi connectivity index (χ1) is 7.83. The van der Waals surface area contributed by atoms with Crippen LogP contribution in [0, 0.1) is 0 Å². The maximum Gasteiger partial charge on any atom is 0.0647 e. The predicted molar refractivity (Wildman–Crippen MR) is 65.7 cm³/mol. The van der Waals surface area contributed by atoms with Crippen LogP contribution in [0.3, 0.4) is 0 Å². The van der Waals surface area contributed by atoms with Crippen molar-refractivity contribution in [3.05, 3.63) is 18.0 Å². The van der Waals surface area contributed by atoms with Gasteiger partial charge in [-0.25, -0.2) is 0 Å². The Morgan fingerprint density at radius 1 is 1.69 bits per heavy atom. The van der Waals surface area contributed by atoms with Gasteiger partial charge in [-0.05, 0) is 32.5 Å². The van der Waals surface area contributed by atoms with E-state index in [9.17, 15) is 0 Å². The lowest BCUT2D eigenvalue weighted by molar-refractivity contribution is 0.334. The fraction of sp³-hybridized carbons (Fsp3) is 0.750. The number of nitrogens with one attached hydrogen (secondary N) is 2. The molecule has 2 heterocycles. The molecular formula is C12H22N4. The zero-order valence-corrected chi connectivity index (χ0v) is 10.2. The Morgan fingerprint density at radius 2 is 2.56 bits per heavy atom. The minimum Gasteiger partial charge on any atom is -0.319 e. The van der Waals surface area contributed by atoms with Gasteiger partial charge in [-0.3, -0.25) is 4.68 Å². The second kappa shape index (κ2) is 5.46. The number of rotatable bonds is 4. The summed E-state index contributed by atoms with van der Waals surface area (Å²) in [5.74, 6) is 0.523. The average molecular weight is 222 g/mol. The van der Waals surface area contributed by atoms with Crippen LogP contribution in [-0.4, -0.2) is 36.5 Å². The highest BCUT2D eigenvalue weighted by atomic mass is 15.3. The van der Waals surface area contributed by atoms with Gasteiger partial charge < -0.3 is 10.6 Å². The molecule has 1 aliphatic rings. The van der Waals surface area contributed by atoms with Crippen LogP contribution < -0.4 is 10.6 Å². The van der Waals surface area contributed by atoms with Gasteiger partial charge in [0.2, 0.25) is 0 Å². The van der Waals surface area contributed by atoms with Crippen LogP contribution in [0.25, 0.3) is 0 Å². The zero-order valence-electron chi connectivity index (χ0n) is 10.2. The molecule has 2 rings (SSSR count). The first kappa shape index (κ1) is 11.6. The molecule has 0 spiro atoms. The molecule has 0 bridgehead atoms. The van der Waals surface area contributed by atoms with E-state index in [4.69, 9.17) is 0 Å². The van der Waals surface area contributed by atoms with E-state index in [0.717, 1.165) is 19.6 Å². The molecule has 0 amide bonds. The van der Waals surface area contributed by atoms with Gasteiger partial charge in [0.15, 0.2) is 0 Å². The topological polar surface area (TPSA) is 41.9 Å². The highest BCUT2D eigenvalue weighted by Crippen LogP contribution is 2.22. The largest absolute Gasteiger partial charge is 0.319 e. The Bertz CT molecular complexity index is 315. The summed E-state index contributed by atoms with van der Waals surface area (Å²) >= 11 is 0. The maximum atomic E-state index is 4.49. The van der Waals surface area contributed by atoms with Gasteiger partial charge in [0.25, 0.3) is 0 Å². The second-order valence-electron chi connectivity index (χ2n) is 4.66. The smallest absolute Gasteiger partial charge is 0.0647 e. The Balaban J connectivity index is 2.11. The van der Waals surface area contributed by atoms with Crippen LogP contribution >= 0.6 is 0 Å². The summed E-state index contributed by atoms with van der Waals surface area (Å²) in [6.07, 6.45) is 4.43. The minimum atomic E-state index is 0.523. The summed E-state index contributed by atoms with van der Waals surface area (Å²) in [6.45, 7) is 5.46. The molecular weight excluding hydrogens is 200 g/mol. The molecule has 16 heavy (non-hydrogen) atoms. The van der Waals surface area contributed by atoms with Crippen molar-refractivity contribution in [2.75, 3.05) is 26.7 Å². The molecule has 2 atom stereocenters. The van der Waals surface area contributed by atoms with Gasteiger partial charge in [-0.15, -0.1) is 0 Å². The van der Waals surface area contributed by atoms with Crippen LogP contribution in [0.2, 0.25) is 0 Å². The monoisotopic (exact) mass is 222 g/mol. The molecule has 2 unspecified atom stereocenters. The molecule has 0 aliphatic carbocycles. The van der Waals surface area contributed by atoms with Crippen LogP contribution in [-0.2, 0) is 0 Å². The minimum absolute atomic E-state index is 0.523. The van der Waals surface area contributed by atoms with E-state index in [1.54, 1.807) is 0 Å². The van der Waals surface area contributed by atoms with E-state index >= 15 is 0 Å². The predicted octanol–water partition coefficient (Wildman–Crippen LogP) is 1.13. The van der Waals surface area contributed by atoms with Crippen molar-refractivity contribution in [1.82, 2.24) is 20.4 Å². The Labute approximate surface area is 97.4 Å². The quantitative estimate of drug-likeness (QED) is 0.802. The van der Waals surface area contributed by atoms with Gasteiger partial charge in [-0.2, -0.15) is 5.10 Å². The molecule has 4 heteroatoms. The molecule has 1 saturated heterocycles. The molecule has 1 aromatic rings. The molecule has 4 nitrogen and oxygen atoms in total. The zero-order chi connectivity index (χ0) is 11.4. The summed E-state index contributed by atoms with van der Waals surface area (Å²) in [7, 11) is 2.00. The molecule has 1 fully saturated rings. The van der Waals surface area contributed by atoms with E-state index in [-0.39, 0.29) is 0 Å². The molecule has 90 valence electrons. The summed E-state index contributed by atoms with van der Waals surface area (Å²) in [5.41, 5.74) is 1.35. The van der Waals surface area contributed by atoms with Crippen molar-refractivity contribution in [2.45, 2.75) is 31.7 Å². The number of hydrogen-bond donors (Lipinski definition) is 2. The van der Waals surface area contributed by atoms with E-state index in [0.29, 0.717) is 12.0 Å². The van der Waals surface area contributed by atoms with Crippen molar-refractivity contribution >= 4 is 0 Å². The van der Waals surface area contributed by atoms with Gasteiger partial charge >= 0.3 is 0 Å². The number of nitrogens with zero attached hydrogens (tertiary/aromatic N) is 2. The Hall–Kier alpha value is -0.870. The van der Waals surface area contributed by atoms with E-state index < -0.39 is 0 Å². The van der Waals surface area contributed by atoms with E-state index in [1.165, 1.54) is 18.5 Å². The van der Waals surface area contributed by atoms with Crippen molar-refractivity contribution in [3.8, 4) is 0 Å². The molecule has 1 aliphatic heterocycles. The molecule has 0 radical (unpaired) electrons. The van der Waals surface area contributed by atoms with Crippen LogP contribution in [0.4, 0.5) is 0 Å². The number of likely N-dealkylation sites (N-methyl/N-ethyl adjacent to an activating group) is 1. The highest BCUT2D eigenvalue weighted by Gasteiger charge is 2.19. The summed E-state index contributed by atoms with van der Waals surface area (Å²) < 4.78 is 2.22. The second-order valence-corrected chi connectivity index (χ2v) is 4.66. The van der Waals surface area contributed by atoms with Crippen LogP contribution in [0.5, 0.6) is 0 Å². The molecule has 2 N–H and O–H groups in total. The van der Waals surface area contributed by atoms with Crippen molar-refractivity contribution in [3.63, 3.8) is 0 Å². The fourth-order valence-corrected chi connectivity index (χ4v) is 2.47. The standard InChI is InChI=1S/C12H22N4/c1-10(8-13-2)12-5-7-15-16(12)11-4-3-6-14-9-11/h5,7,10-11,13-14H,3-4,6,8-9H2,1-2H3. The molecule has 0 aromatic carbocycles. The lowest BCUT2D eigenvalue weighted by Gasteiger charge is -2.26. The SMILES string of the molecule is CNCC(C)c1ccnn1C1CCCNC1. The van der Waals surface area contributed by atoms with Crippen LogP contribution in [0.1, 0.15) is 37.4 Å². The highest BCUT2D eigenvalue weighted by molar-refractivity contribution is 5.09. The average Bonchev–Trinajstić information content (AvgIpc) is 2.79. The Kier molecular flexibility index (Phi) is 3.96. The van der Waals surface area contributed by atoms with E-state index in [1.807, 2.05) is 13.2 Å². The van der Waals surface area contributed by atoms with Crippen LogP contribution in [0.15, 0.2) is 12.3 Å². The summed E-state index contributed by atoms with van der Waals surface area (Å²) in [4.78, 5) is 0. The number of aromatic nitrogens is 2. The van der Waals surface area contributed by atoms with Gasteiger partial charge in [-0.1, -0.05) is 6.92 Å². The Morgan fingerprint density at radius 3 is 3.25 bits per heavy atom. The first-order valence-corrected chi connectivity index (χ1v) is 6.21. The fourth-order valence-electron chi connectivity index (χ4n) is 2.47. The maximum absolute atomic E-state index is 4.49. The van der Waals surface area contributed by atoms with Crippen molar-refractivity contribution < 1.29 is 0 Å². The van der Waals surface area contributed by atoms with Gasteiger partial charge in [0.1, 0.15) is 0 Å². The first-order valence-electron chi connectivity index (χ1n) is 6.21. The normalized spacial score (nSPS) is 23.2. The third-order valence-corrected chi connectivity index (χ3v) is 3.33. The molecule has 0 saturated carbocycles. The number of piperidine rings is 1. The third kappa shape index (κ3) is 2.44. The van der Waals surface area contributed by atoms with Gasteiger partial charge in [0.05, 0.1) is 6.04 Å². The van der Waals surface area contributed by atoms with Gasteiger partial charge in [0, 0.05) is 30.9 Å². The van der Waals surface area contributed by atoms with Crippen molar-refractivity contribution in [1.29, 1.82) is 0 Å². The number of hydrogen-bond acceptors (Lipinski definition) is 3. The third-order valence-electron chi connectivity index (χ3n) is 3.33.